The average molecular weight is 638 g/mol. The molecule has 0 unspecified atom stereocenters. The number of fused-ring (bicyclic) bond motifs is 3. The van der Waals surface area contributed by atoms with Gasteiger partial charge in [-0.25, -0.2) is 0 Å². The van der Waals surface area contributed by atoms with Crippen molar-refractivity contribution in [2.75, 3.05) is 0 Å². The maximum atomic E-state index is 4.97. The number of aryl methyl sites for hydroxylation is 3. The molecule has 0 bridgehead atoms. The van der Waals surface area contributed by atoms with Gasteiger partial charge in [0.25, 0.3) is 0 Å². The number of rotatable bonds is 0. The summed E-state index contributed by atoms with van der Waals surface area (Å²) in [4.78, 5) is 12.8. The number of hydrogen-bond donors (Lipinski definition) is 0. The van der Waals surface area contributed by atoms with Gasteiger partial charge in [0.2, 0.25) is 0 Å². The molecule has 0 atom stereocenters. The van der Waals surface area contributed by atoms with Crippen molar-refractivity contribution in [3.05, 3.63) is 108 Å². The molecule has 3 nitrogen and oxygen atoms in total. The Labute approximate surface area is 253 Å². The Hall–Kier alpha value is -2.58. The summed E-state index contributed by atoms with van der Waals surface area (Å²) in [6.45, 7) is 6.23. The summed E-state index contributed by atoms with van der Waals surface area (Å²) in [5, 5.41) is 5.54. The molecule has 0 saturated carbocycles. The molecule has 0 aliphatic rings. The Bertz CT molecular complexity index is 1470. The van der Waals surface area contributed by atoms with E-state index in [1.165, 1.54) is 32.8 Å². The fourth-order valence-corrected chi connectivity index (χ4v) is 4.37. The van der Waals surface area contributed by atoms with Crippen molar-refractivity contribution in [1.29, 1.82) is 0 Å². The molecule has 6 aromatic rings. The molecule has 0 aliphatic carbocycles. The van der Waals surface area contributed by atoms with Crippen LogP contribution in [-0.2, 0) is 37.9 Å². The second kappa shape index (κ2) is 13.3. The van der Waals surface area contributed by atoms with Gasteiger partial charge in [0, 0.05) is 16.2 Å². The number of nitrogens with zero attached hydrogens (tertiary/aromatic N) is 3. The maximum Gasteiger partial charge on any atom is 3.00 e. The van der Waals surface area contributed by atoms with E-state index in [9.17, 15) is 0 Å². The zero-order valence-electron chi connectivity index (χ0n) is 20.8. The van der Waals surface area contributed by atoms with Crippen LogP contribution in [0.25, 0.3) is 32.7 Å². The van der Waals surface area contributed by atoms with Gasteiger partial charge in [-0.05, 0) is 55.7 Å². The summed E-state index contributed by atoms with van der Waals surface area (Å²) in [5.41, 5.74) is 6.70. The van der Waals surface area contributed by atoms with Crippen molar-refractivity contribution >= 4 is 96.4 Å². The van der Waals surface area contributed by atoms with Crippen LogP contribution in [0, 0.1) is 20.8 Å². The standard InChI is InChI=1S/3C10H9NS.In/c3*1-7-3-2-4-9-8(7)5-6-10(12)11-9;/h3*2-6H,1H3,(H,11,12);/q;;;+3/p-3. The monoisotopic (exact) mass is 637 g/mol. The minimum atomic E-state index is 0. The van der Waals surface area contributed by atoms with Crippen molar-refractivity contribution in [1.82, 2.24) is 15.0 Å². The predicted octanol–water partition coefficient (Wildman–Crippen LogP) is 6.97. The third-order valence-corrected chi connectivity index (χ3v) is 6.46. The SMILES string of the molecule is Cc1cccc2nc([S-])ccc12.Cc1cccc2nc([S-])ccc12.Cc1cccc2nc([S-])ccc12.[In+3]. The molecule has 3 heterocycles. The molecule has 0 N–H and O–H groups in total. The summed E-state index contributed by atoms with van der Waals surface area (Å²) >= 11 is 14.9. The van der Waals surface area contributed by atoms with Gasteiger partial charge in [-0.15, -0.1) is 0 Å². The summed E-state index contributed by atoms with van der Waals surface area (Å²) in [5.74, 6) is 0. The van der Waals surface area contributed by atoms with E-state index in [0.717, 1.165) is 16.6 Å². The summed E-state index contributed by atoms with van der Waals surface area (Å²) in [6.07, 6.45) is 0. The molecule has 37 heavy (non-hydrogen) atoms. The first-order chi connectivity index (χ1) is 17.3. The first-order valence-electron chi connectivity index (χ1n) is 11.4. The van der Waals surface area contributed by atoms with E-state index in [2.05, 4.69) is 53.9 Å². The normalized spacial score (nSPS) is 10.1. The molecule has 3 aromatic carbocycles. The molecule has 0 saturated heterocycles. The third kappa shape index (κ3) is 7.48. The van der Waals surface area contributed by atoms with Gasteiger partial charge in [0.15, 0.2) is 0 Å². The molecule has 0 fully saturated rings. The van der Waals surface area contributed by atoms with E-state index in [1.807, 2.05) is 72.8 Å². The van der Waals surface area contributed by atoms with Crippen LogP contribution in [0.2, 0.25) is 0 Å². The van der Waals surface area contributed by atoms with E-state index in [-0.39, 0.29) is 25.8 Å². The predicted molar refractivity (Wildman–Crippen MR) is 162 cm³/mol. The molecule has 180 valence electrons. The zero-order valence-corrected chi connectivity index (χ0v) is 26.5. The summed E-state index contributed by atoms with van der Waals surface area (Å²) in [7, 11) is 0. The molecule has 0 aliphatic heterocycles. The van der Waals surface area contributed by atoms with E-state index < -0.39 is 0 Å². The number of hydrogen-bond acceptors (Lipinski definition) is 6. The quantitative estimate of drug-likeness (QED) is 0.168. The number of aromatic nitrogens is 3. The zero-order chi connectivity index (χ0) is 25.7. The maximum absolute atomic E-state index is 4.97. The van der Waals surface area contributed by atoms with Crippen LogP contribution in [0.1, 0.15) is 16.7 Å². The van der Waals surface area contributed by atoms with Crippen LogP contribution in [0.3, 0.4) is 0 Å². The molecular weight excluding hydrogens is 613 g/mol. The number of pyridine rings is 3. The average Bonchev–Trinajstić information content (AvgIpc) is 2.85. The van der Waals surface area contributed by atoms with Crippen LogP contribution in [0.4, 0.5) is 0 Å². The smallest absolute Gasteiger partial charge is 0.760 e. The summed E-state index contributed by atoms with van der Waals surface area (Å²) in [6, 6.07) is 29.9. The molecule has 0 radical (unpaired) electrons. The van der Waals surface area contributed by atoms with Crippen molar-refractivity contribution < 1.29 is 0 Å². The van der Waals surface area contributed by atoms with Crippen molar-refractivity contribution in [2.45, 2.75) is 35.8 Å². The first kappa shape index (κ1) is 29.0. The largest absolute Gasteiger partial charge is 3.00 e. The van der Waals surface area contributed by atoms with Crippen LogP contribution in [0.5, 0.6) is 0 Å². The Morgan fingerprint density at radius 3 is 0.946 bits per heavy atom. The van der Waals surface area contributed by atoms with Gasteiger partial charge < -0.3 is 37.9 Å². The second-order valence-corrected chi connectivity index (χ2v) is 9.63. The van der Waals surface area contributed by atoms with E-state index in [1.54, 1.807) is 0 Å². The van der Waals surface area contributed by atoms with Crippen LogP contribution in [-0.4, -0.2) is 40.8 Å². The minimum Gasteiger partial charge on any atom is -0.760 e. The van der Waals surface area contributed by atoms with Gasteiger partial charge in [-0.1, -0.05) is 87.9 Å². The van der Waals surface area contributed by atoms with E-state index in [4.69, 9.17) is 37.9 Å². The van der Waals surface area contributed by atoms with Crippen LogP contribution >= 0.6 is 0 Å². The van der Waals surface area contributed by atoms with Crippen molar-refractivity contribution in [2.24, 2.45) is 0 Å². The van der Waals surface area contributed by atoms with Crippen molar-refractivity contribution in [3.8, 4) is 0 Å². The fraction of sp³-hybridized carbons (Fsp3) is 0.100. The molecule has 7 heteroatoms. The third-order valence-electron chi connectivity index (χ3n) is 5.77. The van der Waals surface area contributed by atoms with E-state index in [0.29, 0.717) is 15.1 Å². The van der Waals surface area contributed by atoms with Crippen LogP contribution < -0.4 is 0 Å². The molecular formula is C30H24InN3S3. The molecule has 3 aromatic heterocycles. The van der Waals surface area contributed by atoms with Gasteiger partial charge >= 0.3 is 25.8 Å². The molecule has 0 amide bonds. The second-order valence-electron chi connectivity index (χ2n) is 8.37. The fourth-order valence-electron chi connectivity index (χ4n) is 3.87. The van der Waals surface area contributed by atoms with Gasteiger partial charge in [0.05, 0.1) is 16.6 Å². The Kier molecular flexibility index (Phi) is 10.4. The Balaban J connectivity index is 0.000000152. The van der Waals surface area contributed by atoms with Gasteiger partial charge in [-0.3, -0.25) is 15.0 Å². The minimum absolute atomic E-state index is 0. The van der Waals surface area contributed by atoms with E-state index >= 15 is 0 Å². The van der Waals surface area contributed by atoms with Crippen molar-refractivity contribution in [3.63, 3.8) is 0 Å². The topological polar surface area (TPSA) is 38.7 Å². The summed E-state index contributed by atoms with van der Waals surface area (Å²) < 4.78 is 0. The molecule has 6 rings (SSSR count). The van der Waals surface area contributed by atoms with Gasteiger partial charge in [0.1, 0.15) is 0 Å². The number of benzene rings is 3. The van der Waals surface area contributed by atoms with Gasteiger partial charge in [-0.2, -0.15) is 0 Å². The molecule has 0 spiro atoms. The first-order valence-corrected chi connectivity index (χ1v) is 12.6. The Morgan fingerprint density at radius 2 is 0.676 bits per heavy atom. The Morgan fingerprint density at radius 1 is 0.405 bits per heavy atom. The van der Waals surface area contributed by atoms with Crippen LogP contribution in [0.15, 0.2) is 106 Å².